The smallest absolute Gasteiger partial charge is 0.233 e. The van der Waals surface area contributed by atoms with Crippen molar-refractivity contribution in [3.05, 3.63) is 30.5 Å². The van der Waals surface area contributed by atoms with Gasteiger partial charge in [0.2, 0.25) is 11.8 Å². The molecule has 6 heteroatoms. The molecule has 6 nitrogen and oxygen atoms in total. The quantitative estimate of drug-likeness (QED) is 0.584. The van der Waals surface area contributed by atoms with Gasteiger partial charge in [-0.15, -0.1) is 11.7 Å². The van der Waals surface area contributed by atoms with E-state index in [1.54, 1.807) is 12.1 Å². The molecule has 2 rings (SSSR count). The first-order chi connectivity index (χ1) is 11.9. The molecular weight excluding hydrogens is 318 g/mol. The number of hydrogen-bond donors (Lipinski definition) is 2. The Morgan fingerprint density at radius 1 is 1.52 bits per heavy atom. The highest BCUT2D eigenvalue weighted by Crippen LogP contribution is 2.32. The predicted molar refractivity (Wildman–Crippen MR) is 98.4 cm³/mol. The molecule has 0 spiro atoms. The third-order valence-corrected chi connectivity index (χ3v) is 4.18. The summed E-state index contributed by atoms with van der Waals surface area (Å²) >= 11 is 0. The van der Waals surface area contributed by atoms with Crippen molar-refractivity contribution in [3.8, 4) is 5.88 Å². The Hall–Kier alpha value is -1.95. The van der Waals surface area contributed by atoms with Gasteiger partial charge in [0, 0.05) is 18.5 Å². The molecular formula is C19H31N3O3. The predicted octanol–water partition coefficient (Wildman–Crippen LogP) is 2.95. The Labute approximate surface area is 150 Å². The number of ether oxygens (including phenoxy) is 1. The number of carbonyl (C=O) groups excluding carboxylic acids is 1. The van der Waals surface area contributed by atoms with Gasteiger partial charge in [0.1, 0.15) is 0 Å². The number of rotatable bonds is 7. The van der Waals surface area contributed by atoms with E-state index in [9.17, 15) is 9.90 Å². The molecule has 1 aliphatic rings. The van der Waals surface area contributed by atoms with Gasteiger partial charge in [-0.25, -0.2) is 0 Å². The largest absolute Gasteiger partial charge is 0.477 e. The first kappa shape index (κ1) is 21.1. The number of nitrogens with zero attached hydrogens (tertiary/aromatic N) is 2. The minimum atomic E-state index is -0.592. The minimum Gasteiger partial charge on any atom is -0.477 e. The average Bonchev–Trinajstić information content (AvgIpc) is 2.96. The lowest BCUT2D eigenvalue weighted by atomic mass is 9.99. The first-order valence-corrected chi connectivity index (χ1v) is 8.94. The van der Waals surface area contributed by atoms with Gasteiger partial charge in [0.15, 0.2) is 0 Å². The van der Waals surface area contributed by atoms with Crippen LogP contribution in [0.2, 0.25) is 0 Å². The van der Waals surface area contributed by atoms with Gasteiger partial charge in [-0.05, 0) is 52.0 Å². The van der Waals surface area contributed by atoms with Crippen molar-refractivity contribution in [1.29, 1.82) is 0 Å². The topological polar surface area (TPSA) is 84.3 Å². The molecule has 2 unspecified atom stereocenters. The van der Waals surface area contributed by atoms with Crippen LogP contribution in [0, 0.1) is 6.92 Å². The molecule has 0 aliphatic heterocycles. The number of carbonyl (C=O) groups is 1. The van der Waals surface area contributed by atoms with E-state index >= 15 is 0 Å². The molecule has 1 amide bonds. The lowest BCUT2D eigenvalue weighted by molar-refractivity contribution is -0.122. The fourth-order valence-corrected chi connectivity index (χ4v) is 2.72. The molecule has 0 saturated heterocycles. The van der Waals surface area contributed by atoms with E-state index in [1.165, 1.54) is 0 Å². The van der Waals surface area contributed by atoms with Crippen molar-refractivity contribution in [1.82, 2.24) is 15.5 Å². The SMILES string of the molecule is C=CC.CCC1(O)CCC(NC(=O)CCCOc2ccc(C)nn2)C1. The van der Waals surface area contributed by atoms with E-state index < -0.39 is 5.60 Å². The van der Waals surface area contributed by atoms with Crippen molar-refractivity contribution < 1.29 is 14.6 Å². The van der Waals surface area contributed by atoms with Gasteiger partial charge in [0.25, 0.3) is 0 Å². The molecule has 0 aromatic carbocycles. The summed E-state index contributed by atoms with van der Waals surface area (Å²) in [6.07, 6.45) is 5.82. The molecule has 140 valence electrons. The van der Waals surface area contributed by atoms with Gasteiger partial charge in [0.05, 0.1) is 17.9 Å². The molecule has 2 atom stereocenters. The molecule has 1 aromatic rings. The fraction of sp³-hybridized carbons (Fsp3) is 0.632. The summed E-state index contributed by atoms with van der Waals surface area (Å²) in [7, 11) is 0. The number of amides is 1. The Morgan fingerprint density at radius 3 is 2.80 bits per heavy atom. The molecule has 25 heavy (non-hydrogen) atoms. The fourth-order valence-electron chi connectivity index (χ4n) is 2.72. The monoisotopic (exact) mass is 349 g/mol. The highest BCUT2D eigenvalue weighted by Gasteiger charge is 2.36. The van der Waals surface area contributed by atoms with E-state index in [0.29, 0.717) is 31.7 Å². The zero-order valence-corrected chi connectivity index (χ0v) is 15.6. The van der Waals surface area contributed by atoms with Crippen molar-refractivity contribution in [3.63, 3.8) is 0 Å². The van der Waals surface area contributed by atoms with E-state index in [2.05, 4.69) is 22.1 Å². The maximum Gasteiger partial charge on any atom is 0.233 e. The lowest BCUT2D eigenvalue weighted by Gasteiger charge is -2.20. The lowest BCUT2D eigenvalue weighted by Crippen LogP contribution is -2.35. The van der Waals surface area contributed by atoms with Gasteiger partial charge in [-0.1, -0.05) is 13.0 Å². The Balaban J connectivity index is 0.000000970. The molecule has 1 saturated carbocycles. The third-order valence-electron chi connectivity index (χ3n) is 4.18. The summed E-state index contributed by atoms with van der Waals surface area (Å²) in [5, 5.41) is 21.0. The van der Waals surface area contributed by atoms with Crippen LogP contribution in [-0.4, -0.2) is 39.5 Å². The van der Waals surface area contributed by atoms with Crippen LogP contribution in [-0.2, 0) is 4.79 Å². The van der Waals surface area contributed by atoms with Crippen molar-refractivity contribution in [2.45, 2.75) is 70.9 Å². The average molecular weight is 349 g/mol. The zero-order valence-electron chi connectivity index (χ0n) is 15.6. The Kier molecular flexibility index (Phi) is 9.13. The van der Waals surface area contributed by atoms with Crippen LogP contribution < -0.4 is 10.1 Å². The van der Waals surface area contributed by atoms with Crippen molar-refractivity contribution in [2.75, 3.05) is 6.61 Å². The molecule has 0 bridgehead atoms. The maximum absolute atomic E-state index is 11.9. The van der Waals surface area contributed by atoms with Crippen molar-refractivity contribution >= 4 is 5.91 Å². The number of nitrogens with one attached hydrogen (secondary N) is 1. The number of aromatic nitrogens is 2. The molecule has 1 fully saturated rings. The standard InChI is InChI=1S/C16H25N3O3.C3H6/c1-3-16(21)9-8-13(11-16)17-14(20)5-4-10-22-15-7-6-12(2)18-19-15;1-3-2/h6-7,13,21H,3-5,8-11H2,1-2H3,(H,17,20);3H,1H2,2H3. The van der Waals surface area contributed by atoms with E-state index in [4.69, 9.17) is 4.74 Å². The van der Waals surface area contributed by atoms with Crippen LogP contribution in [0.15, 0.2) is 24.8 Å². The van der Waals surface area contributed by atoms with Gasteiger partial charge in [-0.3, -0.25) is 4.79 Å². The summed E-state index contributed by atoms with van der Waals surface area (Å²) in [6, 6.07) is 3.71. The van der Waals surface area contributed by atoms with Gasteiger partial charge in [-0.2, -0.15) is 5.10 Å². The molecule has 1 aromatic heterocycles. The van der Waals surface area contributed by atoms with Crippen LogP contribution in [0.5, 0.6) is 5.88 Å². The number of allylic oxidation sites excluding steroid dienone is 1. The normalized spacial score (nSPS) is 21.8. The highest BCUT2D eigenvalue weighted by atomic mass is 16.5. The number of hydrogen-bond acceptors (Lipinski definition) is 5. The summed E-state index contributed by atoms with van der Waals surface area (Å²) < 4.78 is 5.44. The van der Waals surface area contributed by atoms with Crippen LogP contribution in [0.3, 0.4) is 0 Å². The molecule has 0 radical (unpaired) electrons. The Morgan fingerprint density at radius 2 is 2.24 bits per heavy atom. The van der Waals surface area contributed by atoms with Gasteiger partial charge >= 0.3 is 0 Å². The van der Waals surface area contributed by atoms with E-state index in [0.717, 1.165) is 25.0 Å². The second-order valence-corrected chi connectivity index (χ2v) is 6.46. The summed E-state index contributed by atoms with van der Waals surface area (Å²) in [5.41, 5.74) is 0.251. The van der Waals surface area contributed by atoms with E-state index in [-0.39, 0.29) is 11.9 Å². The summed E-state index contributed by atoms with van der Waals surface area (Å²) in [4.78, 5) is 11.9. The molecule has 1 aliphatic carbocycles. The summed E-state index contributed by atoms with van der Waals surface area (Å²) in [6.45, 7) is 9.54. The van der Waals surface area contributed by atoms with Crippen LogP contribution in [0.4, 0.5) is 0 Å². The summed E-state index contributed by atoms with van der Waals surface area (Å²) in [5.74, 6) is 0.499. The molecule has 2 N–H and O–H groups in total. The Bertz CT molecular complexity index is 533. The first-order valence-electron chi connectivity index (χ1n) is 8.94. The third kappa shape index (κ3) is 8.12. The van der Waals surface area contributed by atoms with Crippen LogP contribution in [0.1, 0.15) is 58.1 Å². The zero-order chi connectivity index (χ0) is 18.7. The number of aliphatic hydroxyl groups is 1. The highest BCUT2D eigenvalue weighted by molar-refractivity contribution is 5.76. The van der Waals surface area contributed by atoms with Crippen molar-refractivity contribution in [2.24, 2.45) is 0 Å². The minimum absolute atomic E-state index is 0.0175. The van der Waals surface area contributed by atoms with Gasteiger partial charge < -0.3 is 15.2 Å². The second kappa shape index (κ2) is 10.8. The van der Waals surface area contributed by atoms with Crippen LogP contribution >= 0.6 is 0 Å². The number of aryl methyl sites for hydroxylation is 1. The van der Waals surface area contributed by atoms with E-state index in [1.807, 2.05) is 26.8 Å². The molecule has 1 heterocycles. The maximum atomic E-state index is 11.9. The van der Waals surface area contributed by atoms with Crippen LogP contribution in [0.25, 0.3) is 0 Å². The second-order valence-electron chi connectivity index (χ2n) is 6.46.